The van der Waals surface area contributed by atoms with E-state index in [1.54, 1.807) is 0 Å². The van der Waals surface area contributed by atoms with Crippen molar-refractivity contribution >= 4 is 17.9 Å². The number of benzene rings is 1. The number of carbonyl (C=O) groups is 3. The molecule has 1 rings (SSSR count). The van der Waals surface area contributed by atoms with Crippen molar-refractivity contribution < 1.29 is 24.2 Å². The second-order valence-corrected chi connectivity index (χ2v) is 7.10. The smallest absolute Gasteiger partial charge is 0.407 e. The van der Waals surface area contributed by atoms with Crippen LogP contribution in [0, 0.1) is 0 Å². The molecule has 0 aliphatic rings. The quantitative estimate of drug-likeness (QED) is 0.256. The molecule has 0 aliphatic heterocycles. The molecular weight excluding hydrogens is 386 g/mol. The lowest BCUT2D eigenvalue weighted by Crippen LogP contribution is -2.46. The number of hydrogen-bond donors (Lipinski definition) is 4. The minimum atomic E-state index is -1.11. The zero-order valence-electron chi connectivity index (χ0n) is 17.3. The van der Waals surface area contributed by atoms with Crippen molar-refractivity contribution in [1.29, 1.82) is 0 Å². The van der Waals surface area contributed by atoms with E-state index >= 15 is 0 Å². The highest BCUT2D eigenvalue weighted by molar-refractivity contribution is 5.86. The van der Waals surface area contributed by atoms with Crippen molar-refractivity contribution in [2.75, 3.05) is 6.54 Å². The first kappa shape index (κ1) is 25.2. The van der Waals surface area contributed by atoms with E-state index in [-0.39, 0.29) is 19.6 Å². The van der Waals surface area contributed by atoms with E-state index in [1.807, 2.05) is 36.4 Å². The summed E-state index contributed by atoms with van der Waals surface area (Å²) in [6, 6.07) is 8.40. The van der Waals surface area contributed by atoms with Crippen LogP contribution in [-0.4, -0.2) is 41.7 Å². The largest absolute Gasteiger partial charge is 0.445 e. The SMILES string of the molecule is C=CCCCCCC[C@@H](NC(=O)C[C@@H](O)CNC(=O)OCc1ccccc1)C(N)=O. The summed E-state index contributed by atoms with van der Waals surface area (Å²) in [5.41, 5.74) is 6.19. The average Bonchev–Trinajstić information content (AvgIpc) is 2.72. The Labute approximate surface area is 177 Å². The molecule has 0 spiro atoms. The minimum absolute atomic E-state index is 0.108. The lowest BCUT2D eigenvalue weighted by molar-refractivity contribution is -0.128. The Kier molecular flexibility index (Phi) is 12.6. The summed E-state index contributed by atoms with van der Waals surface area (Å²) in [6.45, 7) is 3.63. The number of rotatable bonds is 15. The summed E-state index contributed by atoms with van der Waals surface area (Å²) in [4.78, 5) is 35.3. The Balaban J connectivity index is 2.24. The van der Waals surface area contributed by atoms with Crippen molar-refractivity contribution in [1.82, 2.24) is 10.6 Å². The van der Waals surface area contributed by atoms with Crippen LogP contribution in [0.2, 0.25) is 0 Å². The topological polar surface area (TPSA) is 131 Å². The number of unbranched alkanes of at least 4 members (excludes halogenated alkanes) is 4. The van der Waals surface area contributed by atoms with Crippen molar-refractivity contribution in [2.45, 2.75) is 63.7 Å². The first-order valence-electron chi connectivity index (χ1n) is 10.2. The maximum atomic E-state index is 12.1. The number of nitrogens with one attached hydrogen (secondary N) is 2. The Hall–Kier alpha value is -2.87. The third kappa shape index (κ3) is 11.9. The summed E-state index contributed by atoms with van der Waals surface area (Å²) < 4.78 is 5.03. The van der Waals surface area contributed by atoms with Gasteiger partial charge in [-0.2, -0.15) is 0 Å². The predicted octanol–water partition coefficient (Wildman–Crippen LogP) is 2.16. The third-order valence-electron chi connectivity index (χ3n) is 4.45. The van der Waals surface area contributed by atoms with Crippen LogP contribution < -0.4 is 16.4 Å². The second kappa shape index (κ2) is 15.0. The van der Waals surface area contributed by atoms with Gasteiger partial charge in [0.2, 0.25) is 11.8 Å². The van der Waals surface area contributed by atoms with Gasteiger partial charge in [-0.05, 0) is 24.8 Å². The maximum Gasteiger partial charge on any atom is 0.407 e. The predicted molar refractivity (Wildman–Crippen MR) is 114 cm³/mol. The van der Waals surface area contributed by atoms with E-state index in [9.17, 15) is 19.5 Å². The van der Waals surface area contributed by atoms with Gasteiger partial charge in [0.25, 0.3) is 0 Å². The molecule has 166 valence electrons. The molecule has 0 unspecified atom stereocenters. The zero-order valence-corrected chi connectivity index (χ0v) is 17.3. The Morgan fingerprint density at radius 3 is 2.50 bits per heavy atom. The molecule has 0 radical (unpaired) electrons. The highest BCUT2D eigenvalue weighted by atomic mass is 16.5. The van der Waals surface area contributed by atoms with Crippen molar-refractivity contribution in [3.8, 4) is 0 Å². The Morgan fingerprint density at radius 2 is 1.83 bits per heavy atom. The van der Waals surface area contributed by atoms with Crippen LogP contribution in [0.25, 0.3) is 0 Å². The number of allylic oxidation sites excluding steroid dienone is 1. The molecule has 3 amide bonds. The number of ether oxygens (including phenoxy) is 1. The lowest BCUT2D eigenvalue weighted by atomic mass is 10.1. The van der Waals surface area contributed by atoms with E-state index < -0.39 is 30.1 Å². The van der Waals surface area contributed by atoms with Crippen LogP contribution in [-0.2, 0) is 20.9 Å². The highest BCUT2D eigenvalue weighted by Crippen LogP contribution is 2.08. The minimum Gasteiger partial charge on any atom is -0.445 e. The molecule has 8 nitrogen and oxygen atoms in total. The third-order valence-corrected chi connectivity index (χ3v) is 4.45. The molecule has 0 aliphatic carbocycles. The fraction of sp³-hybridized carbons (Fsp3) is 0.500. The van der Waals surface area contributed by atoms with Gasteiger partial charge < -0.3 is 26.2 Å². The van der Waals surface area contributed by atoms with Gasteiger partial charge in [-0.15, -0.1) is 6.58 Å². The standard InChI is InChI=1S/C22H33N3O5/c1-2-3-4-5-6-10-13-19(21(23)28)25-20(27)14-18(26)15-24-22(29)30-16-17-11-8-7-9-12-17/h2,7-9,11-12,18-19,26H,1,3-6,10,13-16H2,(H2,23,28)(H,24,29)(H,25,27)/t18-,19-/m1/s1. The van der Waals surface area contributed by atoms with Crippen LogP contribution in [0.4, 0.5) is 4.79 Å². The number of hydrogen-bond acceptors (Lipinski definition) is 5. The van der Waals surface area contributed by atoms with E-state index in [1.165, 1.54) is 0 Å². The van der Waals surface area contributed by atoms with Gasteiger partial charge in [0.15, 0.2) is 0 Å². The molecule has 0 saturated heterocycles. The van der Waals surface area contributed by atoms with E-state index in [0.29, 0.717) is 6.42 Å². The van der Waals surface area contributed by atoms with Crippen molar-refractivity contribution in [2.24, 2.45) is 5.73 Å². The molecule has 5 N–H and O–H groups in total. The number of carbonyl (C=O) groups excluding carboxylic acids is 3. The number of aliphatic hydroxyl groups is 1. The molecule has 8 heteroatoms. The lowest BCUT2D eigenvalue weighted by Gasteiger charge is -2.17. The van der Waals surface area contributed by atoms with E-state index in [0.717, 1.165) is 37.7 Å². The molecule has 1 aromatic rings. The molecule has 1 aromatic carbocycles. The van der Waals surface area contributed by atoms with Crippen molar-refractivity contribution in [3.63, 3.8) is 0 Å². The normalized spacial score (nSPS) is 12.4. The van der Waals surface area contributed by atoms with Crippen molar-refractivity contribution in [3.05, 3.63) is 48.6 Å². The molecule has 30 heavy (non-hydrogen) atoms. The summed E-state index contributed by atoms with van der Waals surface area (Å²) in [5, 5.41) is 14.9. The molecule has 0 saturated carbocycles. The van der Waals surface area contributed by atoms with Gasteiger partial charge in [0.05, 0.1) is 12.5 Å². The van der Waals surface area contributed by atoms with Gasteiger partial charge in [-0.25, -0.2) is 4.79 Å². The summed E-state index contributed by atoms with van der Waals surface area (Å²) in [5.74, 6) is -1.11. The van der Waals surface area contributed by atoms with Crippen LogP contribution in [0.15, 0.2) is 43.0 Å². The monoisotopic (exact) mass is 419 g/mol. The van der Waals surface area contributed by atoms with Crippen LogP contribution >= 0.6 is 0 Å². The van der Waals surface area contributed by atoms with Gasteiger partial charge in [-0.1, -0.05) is 55.7 Å². The fourth-order valence-corrected chi connectivity index (χ4v) is 2.79. The van der Waals surface area contributed by atoms with E-state index in [4.69, 9.17) is 10.5 Å². The Morgan fingerprint density at radius 1 is 1.13 bits per heavy atom. The number of aliphatic hydroxyl groups excluding tert-OH is 1. The molecule has 0 bridgehead atoms. The molecule has 0 aromatic heterocycles. The maximum absolute atomic E-state index is 12.1. The molecule has 0 fully saturated rings. The first-order chi connectivity index (χ1) is 14.4. The van der Waals surface area contributed by atoms with Crippen LogP contribution in [0.1, 0.15) is 50.5 Å². The first-order valence-corrected chi connectivity index (χ1v) is 10.2. The van der Waals surface area contributed by atoms with Gasteiger partial charge in [-0.3, -0.25) is 9.59 Å². The summed E-state index contributed by atoms with van der Waals surface area (Å²) in [7, 11) is 0. The highest BCUT2D eigenvalue weighted by Gasteiger charge is 2.20. The number of alkyl carbamates (subject to hydrolysis) is 1. The second-order valence-electron chi connectivity index (χ2n) is 7.10. The molecular formula is C22H33N3O5. The van der Waals surface area contributed by atoms with Crippen LogP contribution in [0.3, 0.4) is 0 Å². The fourth-order valence-electron chi connectivity index (χ4n) is 2.79. The number of amides is 3. The number of primary amides is 1. The van der Waals surface area contributed by atoms with Gasteiger partial charge in [0.1, 0.15) is 12.6 Å². The molecule has 0 heterocycles. The van der Waals surface area contributed by atoms with E-state index in [2.05, 4.69) is 17.2 Å². The zero-order chi connectivity index (χ0) is 22.2. The van der Waals surface area contributed by atoms with Gasteiger partial charge >= 0.3 is 6.09 Å². The summed E-state index contributed by atoms with van der Waals surface area (Å²) >= 11 is 0. The summed E-state index contributed by atoms with van der Waals surface area (Å²) in [6.07, 6.45) is 4.99. The van der Waals surface area contributed by atoms with Crippen LogP contribution in [0.5, 0.6) is 0 Å². The average molecular weight is 420 g/mol. The van der Waals surface area contributed by atoms with Gasteiger partial charge in [0, 0.05) is 6.54 Å². The Bertz CT molecular complexity index is 666. The number of nitrogens with two attached hydrogens (primary N) is 1. The molecule has 2 atom stereocenters.